The number of halogens is 1. The molecular formula is C21H22ClNO2. The molecule has 0 N–H and O–H groups in total. The zero-order chi connectivity index (χ0) is 18.6. The van der Waals surface area contributed by atoms with Crippen molar-refractivity contribution in [2.45, 2.75) is 33.7 Å². The van der Waals surface area contributed by atoms with Crippen LogP contribution >= 0.6 is 11.6 Å². The molecule has 0 unspecified atom stereocenters. The lowest BCUT2D eigenvalue weighted by Gasteiger charge is -2.15. The molecule has 1 heterocycles. The Labute approximate surface area is 153 Å². The van der Waals surface area contributed by atoms with Crippen LogP contribution in [0.25, 0.3) is 11.1 Å². The van der Waals surface area contributed by atoms with E-state index in [1.807, 2.05) is 41.8 Å². The van der Waals surface area contributed by atoms with Crippen molar-refractivity contribution in [1.82, 2.24) is 4.57 Å². The Morgan fingerprint density at radius 2 is 1.88 bits per heavy atom. The summed E-state index contributed by atoms with van der Waals surface area (Å²) in [5.74, 6) is -0.214. The van der Waals surface area contributed by atoms with Crippen molar-refractivity contribution < 1.29 is 4.79 Å². The molecule has 25 heavy (non-hydrogen) atoms. The van der Waals surface area contributed by atoms with Crippen LogP contribution in [0.2, 0.25) is 5.02 Å². The number of hydrogen-bond donors (Lipinski definition) is 0. The second kappa shape index (κ2) is 8.13. The van der Waals surface area contributed by atoms with E-state index >= 15 is 0 Å². The third-order valence-electron chi connectivity index (χ3n) is 3.98. The smallest absolute Gasteiger partial charge is 0.192 e. The van der Waals surface area contributed by atoms with Crippen LogP contribution in [0.15, 0.2) is 54.0 Å². The summed E-state index contributed by atoms with van der Waals surface area (Å²) in [6, 6.07) is 8.99. The summed E-state index contributed by atoms with van der Waals surface area (Å²) < 4.78 is 1.96. The van der Waals surface area contributed by atoms with E-state index in [4.69, 9.17) is 11.6 Å². The maximum atomic E-state index is 12.2. The van der Waals surface area contributed by atoms with Gasteiger partial charge in [-0.05, 0) is 55.2 Å². The van der Waals surface area contributed by atoms with Gasteiger partial charge in [0.15, 0.2) is 11.2 Å². The van der Waals surface area contributed by atoms with E-state index < -0.39 is 0 Å². The summed E-state index contributed by atoms with van der Waals surface area (Å²) in [5, 5.41) is 0.675. The second-order valence-electron chi connectivity index (χ2n) is 6.05. The van der Waals surface area contributed by atoms with E-state index in [9.17, 15) is 9.59 Å². The predicted molar refractivity (Wildman–Crippen MR) is 105 cm³/mol. The topological polar surface area (TPSA) is 39.1 Å². The highest BCUT2D eigenvalue weighted by molar-refractivity contribution is 6.30. The fourth-order valence-electron chi connectivity index (χ4n) is 2.69. The first-order valence-electron chi connectivity index (χ1n) is 8.22. The quantitative estimate of drug-likeness (QED) is 0.525. The van der Waals surface area contributed by atoms with Gasteiger partial charge in [0, 0.05) is 29.5 Å². The lowest BCUT2D eigenvalue weighted by atomic mass is 10.0. The van der Waals surface area contributed by atoms with Gasteiger partial charge in [-0.25, -0.2) is 0 Å². The molecule has 0 radical (unpaired) electrons. The molecule has 1 aromatic carbocycles. The summed E-state index contributed by atoms with van der Waals surface area (Å²) in [4.78, 5) is 23.9. The third-order valence-corrected chi connectivity index (χ3v) is 4.23. The number of pyridine rings is 1. The molecule has 0 fully saturated rings. The Kier molecular flexibility index (Phi) is 6.16. The molecule has 2 aromatic rings. The Hall–Kier alpha value is -2.39. The maximum Gasteiger partial charge on any atom is 0.192 e. The number of aryl methyl sites for hydroxylation is 1. The fourth-order valence-corrected chi connectivity index (χ4v) is 2.81. The van der Waals surface area contributed by atoms with Crippen molar-refractivity contribution in [3.8, 4) is 0 Å². The molecule has 0 spiro atoms. The first-order valence-corrected chi connectivity index (χ1v) is 8.60. The molecule has 3 nitrogen and oxygen atoms in total. The SMILES string of the molecule is C=C(/C=C(\C)c1cc(=O)c(C(C)=O)cn1CCC)c1ccc(Cl)cc1. The highest BCUT2D eigenvalue weighted by Crippen LogP contribution is 2.22. The van der Waals surface area contributed by atoms with Crippen LogP contribution in [0.5, 0.6) is 0 Å². The van der Waals surface area contributed by atoms with Gasteiger partial charge in [0.05, 0.1) is 5.56 Å². The van der Waals surface area contributed by atoms with E-state index in [-0.39, 0.29) is 16.8 Å². The van der Waals surface area contributed by atoms with Gasteiger partial charge in [-0.1, -0.05) is 37.2 Å². The second-order valence-corrected chi connectivity index (χ2v) is 6.48. The number of carbonyl (C=O) groups excluding carboxylic acids is 1. The van der Waals surface area contributed by atoms with Crippen molar-refractivity contribution in [1.29, 1.82) is 0 Å². The molecule has 0 amide bonds. The van der Waals surface area contributed by atoms with Crippen molar-refractivity contribution in [2.24, 2.45) is 0 Å². The van der Waals surface area contributed by atoms with Gasteiger partial charge < -0.3 is 4.57 Å². The normalized spacial score (nSPS) is 11.4. The minimum Gasteiger partial charge on any atom is -0.347 e. The number of aromatic nitrogens is 1. The van der Waals surface area contributed by atoms with Crippen molar-refractivity contribution in [3.63, 3.8) is 0 Å². The van der Waals surface area contributed by atoms with Gasteiger partial charge in [-0.2, -0.15) is 0 Å². The molecule has 1 aromatic heterocycles. The minimum atomic E-state index is -0.250. The zero-order valence-electron chi connectivity index (χ0n) is 14.8. The number of benzene rings is 1. The van der Waals surface area contributed by atoms with Crippen LogP contribution in [-0.4, -0.2) is 10.4 Å². The van der Waals surface area contributed by atoms with Gasteiger partial charge in [0.2, 0.25) is 0 Å². The van der Waals surface area contributed by atoms with E-state index in [0.717, 1.165) is 35.4 Å². The Morgan fingerprint density at radius 1 is 1.24 bits per heavy atom. The Morgan fingerprint density at radius 3 is 2.44 bits per heavy atom. The number of Topliss-reactive ketones (excluding diaryl/α,β-unsaturated/α-hetero) is 1. The third kappa shape index (κ3) is 4.58. The van der Waals surface area contributed by atoms with Gasteiger partial charge >= 0.3 is 0 Å². The van der Waals surface area contributed by atoms with Gasteiger partial charge in [0.25, 0.3) is 0 Å². The number of ketones is 1. The number of rotatable bonds is 6. The number of nitrogens with zero attached hydrogens (tertiary/aromatic N) is 1. The van der Waals surface area contributed by atoms with E-state index in [2.05, 4.69) is 13.5 Å². The first-order chi connectivity index (χ1) is 11.8. The van der Waals surface area contributed by atoms with E-state index in [1.54, 1.807) is 6.20 Å². The van der Waals surface area contributed by atoms with Crippen LogP contribution in [0.1, 0.15) is 48.8 Å². The first kappa shape index (κ1) is 18.9. The predicted octanol–water partition coefficient (Wildman–Crippen LogP) is 5.23. The molecule has 2 rings (SSSR count). The highest BCUT2D eigenvalue weighted by Gasteiger charge is 2.11. The fraction of sp³-hybridized carbons (Fsp3) is 0.238. The Bertz CT molecular complexity index is 889. The molecule has 0 bridgehead atoms. The highest BCUT2D eigenvalue weighted by atomic mass is 35.5. The monoisotopic (exact) mass is 355 g/mol. The van der Waals surface area contributed by atoms with Crippen LogP contribution < -0.4 is 5.43 Å². The molecule has 130 valence electrons. The Balaban J connectivity index is 2.46. The maximum absolute atomic E-state index is 12.2. The molecule has 0 atom stereocenters. The van der Waals surface area contributed by atoms with Crippen LogP contribution in [0.4, 0.5) is 0 Å². The zero-order valence-corrected chi connectivity index (χ0v) is 15.6. The average molecular weight is 356 g/mol. The molecule has 0 saturated heterocycles. The molecule has 0 aliphatic carbocycles. The average Bonchev–Trinajstić information content (AvgIpc) is 2.56. The number of carbonyl (C=O) groups is 1. The van der Waals surface area contributed by atoms with Gasteiger partial charge in [-0.3, -0.25) is 9.59 Å². The lowest BCUT2D eigenvalue weighted by Crippen LogP contribution is -2.18. The number of allylic oxidation sites excluding steroid dienone is 3. The van der Waals surface area contributed by atoms with Crippen LogP contribution in [0, 0.1) is 0 Å². The largest absolute Gasteiger partial charge is 0.347 e. The molecular weight excluding hydrogens is 334 g/mol. The van der Waals surface area contributed by atoms with Crippen molar-refractivity contribution in [3.05, 3.63) is 81.3 Å². The number of hydrogen-bond acceptors (Lipinski definition) is 2. The van der Waals surface area contributed by atoms with E-state index in [1.165, 1.54) is 13.0 Å². The molecule has 0 saturated carbocycles. The van der Waals surface area contributed by atoms with E-state index in [0.29, 0.717) is 5.02 Å². The lowest BCUT2D eigenvalue weighted by molar-refractivity contribution is 0.101. The van der Waals surface area contributed by atoms with Crippen LogP contribution in [-0.2, 0) is 6.54 Å². The molecule has 0 aliphatic rings. The van der Waals surface area contributed by atoms with Gasteiger partial charge in [-0.15, -0.1) is 0 Å². The molecule has 0 aliphatic heterocycles. The van der Waals surface area contributed by atoms with Crippen LogP contribution in [0.3, 0.4) is 0 Å². The van der Waals surface area contributed by atoms with Gasteiger partial charge in [0.1, 0.15) is 0 Å². The standard InChI is InChI=1S/C21H22ClNO2/c1-5-10-23-13-19(16(4)24)21(25)12-20(23)15(3)11-14(2)17-6-8-18(22)9-7-17/h6-9,11-13H,2,5,10H2,1,3-4H3/b15-11+. The minimum absolute atomic E-state index is 0.214. The summed E-state index contributed by atoms with van der Waals surface area (Å²) >= 11 is 5.92. The molecule has 4 heteroatoms. The van der Waals surface area contributed by atoms with Crippen molar-refractivity contribution >= 4 is 28.5 Å². The summed E-state index contributed by atoms with van der Waals surface area (Å²) in [6.45, 7) is 10.2. The summed E-state index contributed by atoms with van der Waals surface area (Å²) in [7, 11) is 0. The summed E-state index contributed by atoms with van der Waals surface area (Å²) in [6.07, 6.45) is 4.50. The summed E-state index contributed by atoms with van der Waals surface area (Å²) in [5.41, 5.74) is 3.49. The van der Waals surface area contributed by atoms with Crippen molar-refractivity contribution in [2.75, 3.05) is 0 Å².